The lowest BCUT2D eigenvalue weighted by Crippen LogP contribution is -2.66. The molecule has 9 atom stereocenters. The number of likely N-dealkylation sites (tertiary alicyclic amines) is 1. The third kappa shape index (κ3) is 5.69. The van der Waals surface area contributed by atoms with E-state index in [0.29, 0.717) is 55.4 Å². The van der Waals surface area contributed by atoms with Crippen LogP contribution in [0.15, 0.2) is 36.4 Å². The first-order valence-electron chi connectivity index (χ1n) is 20.2. The van der Waals surface area contributed by atoms with Crippen LogP contribution in [0.5, 0.6) is 0 Å². The third-order valence-electron chi connectivity index (χ3n) is 17.0. The van der Waals surface area contributed by atoms with Gasteiger partial charge in [-0.25, -0.2) is 13.2 Å². The van der Waals surface area contributed by atoms with E-state index in [1.54, 1.807) is 12.1 Å². The molecule has 1 saturated heterocycles. The van der Waals surface area contributed by atoms with Gasteiger partial charge in [0.05, 0.1) is 5.41 Å². The first kappa shape index (κ1) is 38.1. The summed E-state index contributed by atoms with van der Waals surface area (Å²) in [5.41, 5.74) is 2.46. The van der Waals surface area contributed by atoms with Gasteiger partial charge in [0.25, 0.3) is 5.92 Å². The predicted octanol–water partition coefficient (Wildman–Crippen LogP) is 9.31. The molecule has 5 nitrogen and oxygen atoms in total. The van der Waals surface area contributed by atoms with E-state index in [0.717, 1.165) is 63.4 Å². The molecule has 3 N–H and O–H groups in total. The Morgan fingerprint density at radius 3 is 2.31 bits per heavy atom. The van der Waals surface area contributed by atoms with Gasteiger partial charge in [-0.3, -0.25) is 4.79 Å². The Morgan fingerprint density at radius 2 is 1.65 bits per heavy atom. The number of halogens is 3. The van der Waals surface area contributed by atoms with Gasteiger partial charge in [0, 0.05) is 50.1 Å². The van der Waals surface area contributed by atoms with Crippen molar-refractivity contribution in [3.63, 3.8) is 0 Å². The van der Waals surface area contributed by atoms with Gasteiger partial charge in [0.2, 0.25) is 5.91 Å². The Bertz CT molecular complexity index is 1610. The van der Waals surface area contributed by atoms with E-state index < -0.39 is 23.4 Å². The fourth-order valence-corrected chi connectivity index (χ4v) is 14.1. The van der Waals surface area contributed by atoms with Crippen LogP contribution in [-0.4, -0.2) is 53.1 Å². The van der Waals surface area contributed by atoms with E-state index in [2.05, 4.69) is 64.4 Å². The fraction of sp³-hybridized carbons (Fsp3) is 0.750. The molecular weight excluding hydrogens is 661 g/mol. The van der Waals surface area contributed by atoms with Crippen molar-refractivity contribution in [2.24, 2.45) is 56.7 Å². The lowest BCUT2D eigenvalue weighted by atomic mass is 9.32. The number of benzene rings is 1. The number of amides is 1. The van der Waals surface area contributed by atoms with Crippen molar-refractivity contribution in [2.75, 3.05) is 26.2 Å². The highest BCUT2D eigenvalue weighted by atomic mass is 19.3. The van der Waals surface area contributed by atoms with Crippen molar-refractivity contribution in [3.8, 4) is 0 Å². The van der Waals surface area contributed by atoms with E-state index >= 15 is 4.39 Å². The fourth-order valence-electron chi connectivity index (χ4n) is 14.1. The topological polar surface area (TPSA) is 72.8 Å². The molecule has 52 heavy (non-hydrogen) atoms. The van der Waals surface area contributed by atoms with E-state index in [9.17, 15) is 23.8 Å². The molecule has 9 unspecified atom stereocenters. The molecule has 1 aromatic carbocycles. The number of carbonyl (C=O) groups is 1. The molecule has 5 aliphatic carbocycles. The van der Waals surface area contributed by atoms with Gasteiger partial charge in [-0.1, -0.05) is 65.0 Å². The molecule has 4 saturated carbocycles. The Hall–Kier alpha value is -2.16. The number of hydrogen-bond acceptors (Lipinski definition) is 4. The second kappa shape index (κ2) is 13.0. The summed E-state index contributed by atoms with van der Waals surface area (Å²) >= 11 is 0. The van der Waals surface area contributed by atoms with Crippen LogP contribution in [0.25, 0.3) is 5.57 Å². The largest absolute Gasteiger partial charge is 0.364 e. The molecule has 0 spiro atoms. The molecule has 1 amide bonds. The molecule has 1 heterocycles. The monoisotopic (exact) mass is 724 g/mol. The van der Waals surface area contributed by atoms with Crippen molar-refractivity contribution < 1.29 is 28.2 Å². The van der Waals surface area contributed by atoms with Gasteiger partial charge in [-0.2, -0.15) is 0 Å². The minimum absolute atomic E-state index is 0.0411. The third-order valence-corrected chi connectivity index (χ3v) is 17.0. The zero-order valence-corrected chi connectivity index (χ0v) is 32.5. The Kier molecular flexibility index (Phi) is 9.51. The summed E-state index contributed by atoms with van der Waals surface area (Å²) in [5, 5.41) is 22.6. The van der Waals surface area contributed by atoms with Crippen molar-refractivity contribution >= 4 is 11.5 Å². The van der Waals surface area contributed by atoms with Crippen molar-refractivity contribution in [1.29, 1.82) is 0 Å². The van der Waals surface area contributed by atoms with Crippen LogP contribution in [0, 0.1) is 62.5 Å². The summed E-state index contributed by atoms with van der Waals surface area (Å²) in [6.45, 7) is 20.7. The van der Waals surface area contributed by atoms with Crippen LogP contribution in [0.4, 0.5) is 13.2 Å². The van der Waals surface area contributed by atoms with E-state index in [1.807, 2.05) is 0 Å². The minimum atomic E-state index is -2.57. The summed E-state index contributed by atoms with van der Waals surface area (Å²) in [4.78, 5) is 16.5. The molecule has 1 aromatic rings. The highest BCUT2D eigenvalue weighted by molar-refractivity contribution is 5.84. The van der Waals surface area contributed by atoms with E-state index in [-0.39, 0.29) is 51.9 Å². The highest BCUT2D eigenvalue weighted by Crippen LogP contribution is 2.77. The van der Waals surface area contributed by atoms with E-state index in [4.69, 9.17) is 0 Å². The molecule has 0 bridgehead atoms. The quantitative estimate of drug-likeness (QED) is 0.194. The van der Waals surface area contributed by atoms with Gasteiger partial charge in [0.1, 0.15) is 5.82 Å². The molecule has 0 radical (unpaired) electrons. The van der Waals surface area contributed by atoms with Crippen molar-refractivity contribution in [3.05, 3.63) is 53.4 Å². The van der Waals surface area contributed by atoms with Crippen LogP contribution >= 0.6 is 0 Å². The number of aliphatic hydroxyl groups is 2. The second-order valence-corrected chi connectivity index (χ2v) is 19.5. The Labute approximate surface area is 309 Å². The first-order valence-corrected chi connectivity index (χ1v) is 20.2. The first-order chi connectivity index (χ1) is 24.3. The van der Waals surface area contributed by atoms with Crippen molar-refractivity contribution in [2.45, 2.75) is 124 Å². The van der Waals surface area contributed by atoms with Crippen LogP contribution in [0.1, 0.15) is 130 Å². The number of nitrogens with zero attached hydrogens (tertiary/aromatic N) is 1. The van der Waals surface area contributed by atoms with Gasteiger partial charge in [-0.05, 0) is 128 Å². The molecular formula is C44H63F3N2O3. The van der Waals surface area contributed by atoms with Gasteiger partial charge in [0.15, 0.2) is 6.29 Å². The number of carbonyl (C=O) groups excluding carboxylic acids is 1. The molecule has 288 valence electrons. The minimum Gasteiger partial charge on any atom is -0.364 e. The maximum Gasteiger partial charge on any atom is 0.250 e. The van der Waals surface area contributed by atoms with Crippen molar-refractivity contribution in [1.82, 2.24) is 10.2 Å². The normalized spacial score (nSPS) is 40.9. The molecule has 6 aliphatic rings. The maximum atomic E-state index is 15.6. The number of rotatable bonds is 7. The summed E-state index contributed by atoms with van der Waals surface area (Å²) in [6, 6.07) is 4.60. The summed E-state index contributed by atoms with van der Waals surface area (Å²) < 4.78 is 43.1. The lowest BCUT2D eigenvalue weighted by molar-refractivity contribution is -0.225. The van der Waals surface area contributed by atoms with Gasteiger partial charge >= 0.3 is 0 Å². The van der Waals surface area contributed by atoms with Crippen LogP contribution in [0.2, 0.25) is 0 Å². The summed E-state index contributed by atoms with van der Waals surface area (Å²) in [5.74, 6) is -0.949. The molecule has 7 rings (SSSR count). The number of alkyl halides is 2. The number of allylic oxidation sites excluding steroid dienone is 3. The smallest absolute Gasteiger partial charge is 0.250 e. The second-order valence-electron chi connectivity index (χ2n) is 19.5. The zero-order valence-electron chi connectivity index (χ0n) is 32.5. The van der Waals surface area contributed by atoms with Crippen LogP contribution in [0.3, 0.4) is 0 Å². The maximum absolute atomic E-state index is 15.6. The lowest BCUT2D eigenvalue weighted by Gasteiger charge is -2.72. The van der Waals surface area contributed by atoms with Gasteiger partial charge < -0.3 is 20.4 Å². The molecule has 8 heteroatoms. The van der Waals surface area contributed by atoms with Gasteiger partial charge in [-0.15, -0.1) is 0 Å². The Balaban J connectivity index is 1.14. The van der Waals surface area contributed by atoms with Crippen LogP contribution < -0.4 is 5.32 Å². The number of fused-ring (bicyclic) bond motifs is 7. The standard InChI is InChI=1S/C44H63F3N2O3/c1-27(2)29-12-17-43(38(52)48-22-25-49-23-20-44(46,47)21-24-49)19-18-41(6)32(36(29)43)10-11-35-40(5)15-13-31(30-9-8-28(37(50)51)26-33(30)45)39(3,4)34(40)14-16-42(35,41)7/h8-9,13,26,29,32,34-37,50-51H,1,10-12,14-25H2,2-7H3,(H,48,52). The number of aliphatic hydroxyl groups excluding tert-OH is 1. The SMILES string of the molecule is C=C(C)C1CCC2(C(=O)NCCN3CCC(F)(F)CC3)CCC3(C)C(CCC4C5(C)CC=C(c6ccc(C(O)O)cc6F)C(C)(C)C5CCC43C)C12. The molecule has 0 aromatic heterocycles. The Morgan fingerprint density at radius 1 is 0.942 bits per heavy atom. The number of piperidine rings is 1. The summed E-state index contributed by atoms with van der Waals surface area (Å²) in [7, 11) is 0. The predicted molar refractivity (Wildman–Crippen MR) is 200 cm³/mol. The van der Waals surface area contributed by atoms with E-state index in [1.165, 1.54) is 11.6 Å². The number of nitrogens with one attached hydrogen (secondary N) is 1. The molecule has 5 fully saturated rings. The number of hydrogen-bond donors (Lipinski definition) is 3. The zero-order chi connectivity index (χ0) is 37.6. The average molecular weight is 725 g/mol. The average Bonchev–Trinajstić information content (AvgIpc) is 3.47. The highest BCUT2D eigenvalue weighted by Gasteiger charge is 2.71. The summed E-state index contributed by atoms with van der Waals surface area (Å²) in [6.07, 6.45) is 9.46. The van der Waals surface area contributed by atoms with Crippen LogP contribution in [-0.2, 0) is 4.79 Å². The molecule has 1 aliphatic heterocycles.